The summed E-state index contributed by atoms with van der Waals surface area (Å²) in [4.78, 5) is 0. The van der Waals surface area contributed by atoms with Gasteiger partial charge in [-0.15, -0.1) is 0 Å². The van der Waals surface area contributed by atoms with Crippen molar-refractivity contribution < 1.29 is 9.84 Å². The van der Waals surface area contributed by atoms with E-state index >= 15 is 0 Å². The molecule has 20 heavy (non-hydrogen) atoms. The van der Waals surface area contributed by atoms with Gasteiger partial charge in [0.2, 0.25) is 0 Å². The Bertz CT molecular complexity index is 382. The third-order valence-electron chi connectivity index (χ3n) is 4.98. The zero-order chi connectivity index (χ0) is 14.4. The van der Waals surface area contributed by atoms with Crippen LogP contribution in [-0.2, 0) is 10.2 Å². The summed E-state index contributed by atoms with van der Waals surface area (Å²) in [6, 6.07) is 10.6. The summed E-state index contributed by atoms with van der Waals surface area (Å²) in [5, 5.41) is 11.0. The van der Waals surface area contributed by atoms with E-state index in [1.807, 2.05) is 0 Å². The van der Waals surface area contributed by atoms with Gasteiger partial charge in [-0.1, -0.05) is 56.5 Å². The van der Waals surface area contributed by atoms with Crippen LogP contribution in [0.4, 0.5) is 0 Å². The summed E-state index contributed by atoms with van der Waals surface area (Å²) >= 11 is 0. The third kappa shape index (κ3) is 3.24. The number of benzene rings is 1. The highest BCUT2D eigenvalue weighted by Gasteiger charge is 2.42. The number of hydrogen-bond acceptors (Lipinski definition) is 2. The van der Waals surface area contributed by atoms with Crippen LogP contribution in [0.15, 0.2) is 30.3 Å². The molecule has 2 atom stereocenters. The second-order valence-corrected chi connectivity index (χ2v) is 6.29. The molecule has 0 heterocycles. The Morgan fingerprint density at radius 1 is 1.15 bits per heavy atom. The molecule has 112 valence electrons. The van der Waals surface area contributed by atoms with Gasteiger partial charge in [-0.3, -0.25) is 0 Å². The van der Waals surface area contributed by atoms with Crippen molar-refractivity contribution in [3.8, 4) is 0 Å². The maximum Gasteiger partial charge on any atom is 0.0663 e. The van der Waals surface area contributed by atoms with Crippen LogP contribution in [0.3, 0.4) is 0 Å². The molecule has 0 aliphatic heterocycles. The van der Waals surface area contributed by atoms with E-state index in [0.717, 1.165) is 25.9 Å². The molecule has 2 nitrogen and oxygen atoms in total. The average Bonchev–Trinajstić information content (AvgIpc) is 2.53. The Hall–Kier alpha value is -0.860. The highest BCUT2D eigenvalue weighted by molar-refractivity contribution is 5.28. The number of ether oxygens (including phenoxy) is 1. The van der Waals surface area contributed by atoms with Crippen molar-refractivity contribution in [1.82, 2.24) is 0 Å². The topological polar surface area (TPSA) is 29.5 Å². The molecule has 1 N–H and O–H groups in total. The largest absolute Gasteiger partial charge is 0.392 e. The van der Waals surface area contributed by atoms with Crippen molar-refractivity contribution in [2.45, 2.75) is 57.0 Å². The molecule has 1 aliphatic carbocycles. The molecular weight excluding hydrogens is 248 g/mol. The smallest absolute Gasteiger partial charge is 0.0663 e. The first-order valence-electron chi connectivity index (χ1n) is 7.93. The molecule has 1 aliphatic rings. The van der Waals surface area contributed by atoms with Crippen molar-refractivity contribution in [1.29, 1.82) is 0 Å². The van der Waals surface area contributed by atoms with Gasteiger partial charge in [-0.25, -0.2) is 0 Å². The molecule has 0 spiro atoms. The van der Waals surface area contributed by atoms with Crippen LogP contribution in [0, 0.1) is 5.92 Å². The lowest BCUT2D eigenvalue weighted by Gasteiger charge is -2.44. The van der Waals surface area contributed by atoms with Crippen molar-refractivity contribution in [3.05, 3.63) is 35.9 Å². The van der Waals surface area contributed by atoms with Crippen LogP contribution in [0.2, 0.25) is 0 Å². The van der Waals surface area contributed by atoms with E-state index in [1.54, 1.807) is 7.11 Å². The van der Waals surface area contributed by atoms with Crippen molar-refractivity contribution in [2.75, 3.05) is 13.7 Å². The predicted octanol–water partition coefficient (Wildman–Crippen LogP) is 3.92. The Morgan fingerprint density at radius 2 is 1.80 bits per heavy atom. The van der Waals surface area contributed by atoms with Crippen LogP contribution in [0.1, 0.15) is 51.0 Å². The van der Waals surface area contributed by atoms with Gasteiger partial charge in [0.15, 0.2) is 0 Å². The maximum atomic E-state index is 11.0. The Morgan fingerprint density at radius 3 is 2.40 bits per heavy atom. The van der Waals surface area contributed by atoms with E-state index in [1.165, 1.54) is 24.8 Å². The summed E-state index contributed by atoms with van der Waals surface area (Å²) in [7, 11) is 1.73. The first-order valence-corrected chi connectivity index (χ1v) is 7.93. The first-order chi connectivity index (χ1) is 9.70. The molecule has 0 amide bonds. The van der Waals surface area contributed by atoms with Gasteiger partial charge in [0.25, 0.3) is 0 Å². The van der Waals surface area contributed by atoms with E-state index in [0.29, 0.717) is 0 Å². The van der Waals surface area contributed by atoms with Gasteiger partial charge in [0.1, 0.15) is 0 Å². The zero-order valence-corrected chi connectivity index (χ0v) is 12.8. The third-order valence-corrected chi connectivity index (χ3v) is 4.98. The van der Waals surface area contributed by atoms with E-state index < -0.39 is 0 Å². The van der Waals surface area contributed by atoms with Gasteiger partial charge in [0.05, 0.1) is 6.10 Å². The SMILES string of the molecule is COCCC(C)C(O)C1(c2ccccc2)CCCCC1. The van der Waals surface area contributed by atoms with Gasteiger partial charge >= 0.3 is 0 Å². The van der Waals surface area contributed by atoms with Gasteiger partial charge < -0.3 is 9.84 Å². The lowest BCUT2D eigenvalue weighted by molar-refractivity contribution is 0.00282. The van der Waals surface area contributed by atoms with Crippen LogP contribution < -0.4 is 0 Å². The van der Waals surface area contributed by atoms with E-state index in [9.17, 15) is 5.11 Å². The fraction of sp³-hybridized carbons (Fsp3) is 0.667. The molecule has 1 saturated carbocycles. The molecular formula is C18H28O2. The summed E-state index contributed by atoms with van der Waals surface area (Å²) in [6.45, 7) is 2.88. The van der Waals surface area contributed by atoms with Crippen LogP contribution >= 0.6 is 0 Å². The summed E-state index contributed by atoms with van der Waals surface area (Å²) in [5.41, 5.74) is 1.27. The fourth-order valence-electron chi connectivity index (χ4n) is 3.71. The van der Waals surface area contributed by atoms with Gasteiger partial charge in [-0.05, 0) is 30.7 Å². The summed E-state index contributed by atoms with van der Waals surface area (Å²) in [6.07, 6.45) is 6.61. The van der Waals surface area contributed by atoms with E-state index in [-0.39, 0.29) is 17.4 Å². The van der Waals surface area contributed by atoms with Gasteiger partial charge in [-0.2, -0.15) is 0 Å². The van der Waals surface area contributed by atoms with E-state index in [2.05, 4.69) is 37.3 Å². The molecule has 0 aromatic heterocycles. The quantitative estimate of drug-likeness (QED) is 0.853. The summed E-state index contributed by atoms with van der Waals surface area (Å²) in [5.74, 6) is 0.272. The number of rotatable bonds is 6. The fourth-order valence-corrected chi connectivity index (χ4v) is 3.71. The first kappa shape index (κ1) is 15.5. The van der Waals surface area contributed by atoms with Crippen molar-refractivity contribution >= 4 is 0 Å². The predicted molar refractivity (Wildman–Crippen MR) is 82.9 cm³/mol. The highest BCUT2D eigenvalue weighted by Crippen LogP contribution is 2.44. The molecule has 1 aromatic rings. The second kappa shape index (κ2) is 7.24. The Kier molecular flexibility index (Phi) is 5.62. The monoisotopic (exact) mass is 276 g/mol. The maximum absolute atomic E-state index is 11.0. The van der Waals surface area contributed by atoms with Crippen molar-refractivity contribution in [2.24, 2.45) is 5.92 Å². The van der Waals surface area contributed by atoms with Crippen LogP contribution in [0.5, 0.6) is 0 Å². The molecule has 0 radical (unpaired) electrons. The van der Waals surface area contributed by atoms with E-state index in [4.69, 9.17) is 4.74 Å². The Labute approximate surface area is 123 Å². The lowest BCUT2D eigenvalue weighted by atomic mass is 9.63. The number of methoxy groups -OCH3 is 1. The second-order valence-electron chi connectivity index (χ2n) is 6.29. The normalized spacial score (nSPS) is 21.4. The number of aliphatic hydroxyl groups is 1. The standard InChI is InChI=1S/C18H28O2/c1-15(11-14-20-2)17(19)18(12-7-4-8-13-18)16-9-5-3-6-10-16/h3,5-6,9-10,15,17,19H,4,7-8,11-14H2,1-2H3. The minimum absolute atomic E-state index is 0.0489. The molecule has 0 bridgehead atoms. The average molecular weight is 276 g/mol. The van der Waals surface area contributed by atoms with Crippen LogP contribution in [0.25, 0.3) is 0 Å². The minimum Gasteiger partial charge on any atom is -0.392 e. The Balaban J connectivity index is 2.23. The minimum atomic E-state index is -0.277. The van der Waals surface area contributed by atoms with Crippen LogP contribution in [-0.4, -0.2) is 24.9 Å². The molecule has 2 heteroatoms. The highest BCUT2D eigenvalue weighted by atomic mass is 16.5. The molecule has 1 aromatic carbocycles. The molecule has 2 rings (SSSR count). The summed E-state index contributed by atoms with van der Waals surface area (Å²) < 4.78 is 5.18. The molecule has 2 unspecified atom stereocenters. The lowest BCUT2D eigenvalue weighted by Crippen LogP contribution is -2.45. The zero-order valence-electron chi connectivity index (χ0n) is 12.8. The van der Waals surface area contributed by atoms with Crippen molar-refractivity contribution in [3.63, 3.8) is 0 Å². The van der Waals surface area contributed by atoms with Gasteiger partial charge in [0, 0.05) is 19.1 Å². The number of aliphatic hydroxyl groups excluding tert-OH is 1. The molecule has 0 saturated heterocycles. The number of hydrogen-bond donors (Lipinski definition) is 1. The molecule has 1 fully saturated rings.